The van der Waals surface area contributed by atoms with Crippen molar-refractivity contribution in [1.82, 2.24) is 4.98 Å². The van der Waals surface area contributed by atoms with E-state index in [1.807, 2.05) is 12.2 Å². The number of aliphatic hydroxyl groups excluding tert-OH is 1. The van der Waals surface area contributed by atoms with Gasteiger partial charge in [0, 0.05) is 18.0 Å². The molecule has 1 N–H and O–H groups in total. The summed E-state index contributed by atoms with van der Waals surface area (Å²) >= 11 is 0. The van der Waals surface area contributed by atoms with Crippen LogP contribution < -0.4 is 0 Å². The summed E-state index contributed by atoms with van der Waals surface area (Å²) in [5.74, 6) is -0.298. The second-order valence-corrected chi connectivity index (χ2v) is 7.96. The van der Waals surface area contributed by atoms with Crippen molar-refractivity contribution < 1.29 is 17.9 Å². The van der Waals surface area contributed by atoms with Crippen molar-refractivity contribution in [2.45, 2.75) is 22.8 Å². The van der Waals surface area contributed by atoms with Crippen LogP contribution in [0.2, 0.25) is 0 Å². The second kappa shape index (κ2) is 7.82. The average molecular weight is 383 g/mol. The number of benzene rings is 2. The molecule has 0 unspecified atom stereocenters. The van der Waals surface area contributed by atoms with E-state index in [-0.39, 0.29) is 15.6 Å². The highest BCUT2D eigenvalue weighted by Gasteiger charge is 2.23. The van der Waals surface area contributed by atoms with Gasteiger partial charge < -0.3 is 5.11 Å². The SMILES string of the molecule is C[C@@H](O)c1ccncc1S(=O)(=O)c1ccc(/C=C/c2ccc(F)cc2)cc1. The molecule has 1 heterocycles. The molecule has 0 radical (unpaired) electrons. The molecule has 0 aliphatic carbocycles. The van der Waals surface area contributed by atoms with Crippen molar-refractivity contribution in [3.05, 3.63) is 89.5 Å². The minimum absolute atomic E-state index is 0.00500. The highest BCUT2D eigenvalue weighted by Crippen LogP contribution is 2.27. The summed E-state index contributed by atoms with van der Waals surface area (Å²) in [6, 6.07) is 14.0. The van der Waals surface area contributed by atoms with E-state index in [1.54, 1.807) is 24.3 Å². The lowest BCUT2D eigenvalue weighted by Gasteiger charge is -2.12. The number of nitrogens with zero attached hydrogens (tertiary/aromatic N) is 1. The molecule has 4 nitrogen and oxygen atoms in total. The molecule has 0 bridgehead atoms. The molecule has 0 aliphatic heterocycles. The summed E-state index contributed by atoms with van der Waals surface area (Å²) < 4.78 is 38.7. The minimum Gasteiger partial charge on any atom is -0.389 e. The molecule has 0 aliphatic rings. The fraction of sp³-hybridized carbons (Fsp3) is 0.0952. The van der Waals surface area contributed by atoms with Crippen LogP contribution in [0.25, 0.3) is 12.2 Å². The van der Waals surface area contributed by atoms with Crippen molar-refractivity contribution in [2.75, 3.05) is 0 Å². The van der Waals surface area contributed by atoms with Gasteiger partial charge in [-0.25, -0.2) is 12.8 Å². The first kappa shape index (κ1) is 18.9. The highest BCUT2D eigenvalue weighted by atomic mass is 32.2. The van der Waals surface area contributed by atoms with Crippen molar-refractivity contribution in [2.24, 2.45) is 0 Å². The molecule has 27 heavy (non-hydrogen) atoms. The Morgan fingerprint density at radius 1 is 0.963 bits per heavy atom. The molecule has 138 valence electrons. The number of hydrogen-bond acceptors (Lipinski definition) is 4. The van der Waals surface area contributed by atoms with Gasteiger partial charge in [-0.05, 0) is 48.4 Å². The van der Waals surface area contributed by atoms with E-state index in [1.165, 1.54) is 49.6 Å². The number of pyridine rings is 1. The maximum absolute atomic E-state index is 12.9. The molecule has 0 spiro atoms. The van der Waals surface area contributed by atoms with Crippen LogP contribution in [0, 0.1) is 5.82 Å². The summed E-state index contributed by atoms with van der Waals surface area (Å²) in [5.41, 5.74) is 1.95. The maximum atomic E-state index is 12.9. The monoisotopic (exact) mass is 383 g/mol. The molecule has 0 fully saturated rings. The lowest BCUT2D eigenvalue weighted by Crippen LogP contribution is -2.08. The van der Waals surface area contributed by atoms with Gasteiger partial charge >= 0.3 is 0 Å². The van der Waals surface area contributed by atoms with Crippen LogP contribution in [0.1, 0.15) is 29.7 Å². The Labute approximate surface area is 157 Å². The lowest BCUT2D eigenvalue weighted by molar-refractivity contribution is 0.196. The van der Waals surface area contributed by atoms with E-state index in [0.29, 0.717) is 5.56 Å². The summed E-state index contributed by atoms with van der Waals surface area (Å²) in [6.45, 7) is 1.51. The Morgan fingerprint density at radius 3 is 2.07 bits per heavy atom. The third-order valence-corrected chi connectivity index (χ3v) is 5.90. The normalized spacial score (nSPS) is 13.0. The van der Waals surface area contributed by atoms with Crippen molar-refractivity contribution >= 4 is 22.0 Å². The van der Waals surface area contributed by atoms with Gasteiger partial charge in [0.25, 0.3) is 0 Å². The smallest absolute Gasteiger partial charge is 0.208 e. The number of aliphatic hydroxyl groups is 1. The molecule has 6 heteroatoms. The minimum atomic E-state index is -3.79. The van der Waals surface area contributed by atoms with E-state index in [9.17, 15) is 17.9 Å². The largest absolute Gasteiger partial charge is 0.389 e. The van der Waals surface area contributed by atoms with Crippen LogP contribution in [0.3, 0.4) is 0 Å². The summed E-state index contributed by atoms with van der Waals surface area (Å²) in [7, 11) is -3.79. The van der Waals surface area contributed by atoms with Gasteiger partial charge in [-0.1, -0.05) is 36.4 Å². The van der Waals surface area contributed by atoms with Crippen molar-refractivity contribution in [3.8, 4) is 0 Å². The maximum Gasteiger partial charge on any atom is 0.208 e. The Balaban J connectivity index is 1.87. The summed E-state index contributed by atoms with van der Waals surface area (Å²) in [6.07, 6.45) is 5.41. The lowest BCUT2D eigenvalue weighted by atomic mass is 10.1. The molecule has 0 saturated carbocycles. The van der Waals surface area contributed by atoms with Crippen LogP contribution in [-0.2, 0) is 9.84 Å². The van der Waals surface area contributed by atoms with Crippen LogP contribution in [0.15, 0.2) is 76.8 Å². The first-order chi connectivity index (χ1) is 12.9. The molecular weight excluding hydrogens is 365 g/mol. The summed E-state index contributed by atoms with van der Waals surface area (Å²) in [5, 5.41) is 9.83. The van der Waals surface area contributed by atoms with Gasteiger partial charge in [-0.3, -0.25) is 4.98 Å². The van der Waals surface area contributed by atoms with Crippen LogP contribution in [0.4, 0.5) is 4.39 Å². The van der Waals surface area contributed by atoms with E-state index in [2.05, 4.69) is 4.98 Å². The average Bonchev–Trinajstić information content (AvgIpc) is 2.68. The Bertz CT molecular complexity index is 1060. The van der Waals surface area contributed by atoms with E-state index < -0.39 is 15.9 Å². The quantitative estimate of drug-likeness (QED) is 0.668. The number of halogens is 1. The first-order valence-corrected chi connectivity index (χ1v) is 9.77. The Hall–Kier alpha value is -2.83. The number of rotatable bonds is 5. The molecule has 1 atom stereocenters. The van der Waals surface area contributed by atoms with Crippen molar-refractivity contribution in [1.29, 1.82) is 0 Å². The van der Waals surface area contributed by atoms with Gasteiger partial charge in [-0.2, -0.15) is 0 Å². The fourth-order valence-corrected chi connectivity index (χ4v) is 4.11. The zero-order chi connectivity index (χ0) is 19.4. The predicted octanol–water partition coefficient (Wildman–Crippen LogP) is 4.28. The van der Waals surface area contributed by atoms with Crippen LogP contribution in [0.5, 0.6) is 0 Å². The molecular formula is C21H18FNO3S. The molecule has 3 rings (SSSR count). The van der Waals surface area contributed by atoms with Crippen molar-refractivity contribution in [3.63, 3.8) is 0 Å². The first-order valence-electron chi connectivity index (χ1n) is 8.29. The molecule has 0 saturated heterocycles. The van der Waals surface area contributed by atoms with E-state index in [0.717, 1.165) is 11.1 Å². The zero-order valence-electron chi connectivity index (χ0n) is 14.6. The number of hydrogen-bond donors (Lipinski definition) is 1. The highest BCUT2D eigenvalue weighted by molar-refractivity contribution is 7.91. The molecule has 2 aromatic carbocycles. The second-order valence-electron chi connectivity index (χ2n) is 6.05. The molecule has 1 aromatic heterocycles. The van der Waals surface area contributed by atoms with Gasteiger partial charge in [-0.15, -0.1) is 0 Å². The van der Waals surface area contributed by atoms with E-state index >= 15 is 0 Å². The van der Waals surface area contributed by atoms with Crippen LogP contribution >= 0.6 is 0 Å². The topological polar surface area (TPSA) is 67.3 Å². The zero-order valence-corrected chi connectivity index (χ0v) is 15.4. The third kappa shape index (κ3) is 4.30. The van der Waals surface area contributed by atoms with Gasteiger partial charge in [0.15, 0.2) is 0 Å². The molecule has 0 amide bonds. The van der Waals surface area contributed by atoms with Gasteiger partial charge in [0.2, 0.25) is 9.84 Å². The standard InChI is InChI=1S/C21H18FNO3S/c1-15(24)20-12-13-23-14-21(20)27(25,26)19-10-6-17(7-11-19)3-2-16-4-8-18(22)9-5-16/h2-15,24H,1H3/b3-2+/t15-/m1/s1. The Morgan fingerprint density at radius 2 is 1.52 bits per heavy atom. The van der Waals surface area contributed by atoms with Crippen LogP contribution in [-0.4, -0.2) is 18.5 Å². The fourth-order valence-electron chi connectivity index (χ4n) is 2.61. The third-order valence-electron chi connectivity index (χ3n) is 4.08. The number of sulfone groups is 1. The van der Waals surface area contributed by atoms with Gasteiger partial charge in [0.1, 0.15) is 5.82 Å². The Kier molecular flexibility index (Phi) is 5.48. The van der Waals surface area contributed by atoms with Gasteiger partial charge in [0.05, 0.1) is 15.9 Å². The van der Waals surface area contributed by atoms with E-state index in [4.69, 9.17) is 0 Å². The summed E-state index contributed by atoms with van der Waals surface area (Å²) in [4.78, 5) is 3.99. The predicted molar refractivity (Wildman–Crippen MR) is 102 cm³/mol. The number of aromatic nitrogens is 1. The molecule has 3 aromatic rings.